The van der Waals surface area contributed by atoms with Crippen molar-refractivity contribution in [2.75, 3.05) is 0 Å². The molecule has 0 bridgehead atoms. The van der Waals surface area contributed by atoms with E-state index < -0.39 is 0 Å². The molecular weight excluding hydrogens is 354 g/mol. The van der Waals surface area contributed by atoms with Crippen LogP contribution in [0.2, 0.25) is 0 Å². The van der Waals surface area contributed by atoms with Crippen molar-refractivity contribution in [2.45, 2.75) is 13.0 Å². The zero-order valence-electron chi connectivity index (χ0n) is 16.2. The van der Waals surface area contributed by atoms with Gasteiger partial charge >= 0.3 is 0 Å². The maximum absolute atomic E-state index is 4.48. The standard InChI is InChI=1S/C26H23N3/c1-4-12-22(13-5-1)16-10-20-25-26(24-18-8-3-9-19-24)27-28-29(25)21-11-17-23-14-6-2-7-15-23/h1-19H,20-21H2/b16-10+,17-11+. The monoisotopic (exact) mass is 377 g/mol. The fourth-order valence-corrected chi connectivity index (χ4v) is 3.23. The zero-order chi connectivity index (χ0) is 19.7. The molecule has 0 amide bonds. The molecule has 3 heteroatoms. The van der Waals surface area contributed by atoms with Crippen LogP contribution >= 0.6 is 0 Å². The van der Waals surface area contributed by atoms with Gasteiger partial charge < -0.3 is 0 Å². The van der Waals surface area contributed by atoms with Gasteiger partial charge in [0.1, 0.15) is 5.69 Å². The van der Waals surface area contributed by atoms with Crippen LogP contribution in [0.1, 0.15) is 16.8 Å². The van der Waals surface area contributed by atoms with Gasteiger partial charge in [0.2, 0.25) is 0 Å². The summed E-state index contributed by atoms with van der Waals surface area (Å²) in [4.78, 5) is 0. The quantitative estimate of drug-likeness (QED) is 0.400. The van der Waals surface area contributed by atoms with Crippen LogP contribution in [-0.2, 0) is 13.0 Å². The Morgan fingerprint density at radius 1 is 0.655 bits per heavy atom. The Hall–Kier alpha value is -3.72. The zero-order valence-corrected chi connectivity index (χ0v) is 16.2. The molecule has 0 atom stereocenters. The first-order chi connectivity index (χ1) is 14.4. The van der Waals surface area contributed by atoms with E-state index in [2.05, 4.69) is 83.1 Å². The topological polar surface area (TPSA) is 30.7 Å². The molecule has 1 aromatic heterocycles. The summed E-state index contributed by atoms with van der Waals surface area (Å²) in [5, 5.41) is 8.91. The van der Waals surface area contributed by atoms with Gasteiger partial charge in [-0.25, -0.2) is 4.68 Å². The largest absolute Gasteiger partial charge is 0.245 e. The molecule has 0 aliphatic carbocycles. The first-order valence-electron chi connectivity index (χ1n) is 9.81. The Kier molecular flexibility index (Phi) is 6.08. The Balaban J connectivity index is 1.58. The highest BCUT2D eigenvalue weighted by Gasteiger charge is 2.12. The van der Waals surface area contributed by atoms with Gasteiger partial charge in [0.25, 0.3) is 0 Å². The van der Waals surface area contributed by atoms with Crippen molar-refractivity contribution in [1.82, 2.24) is 15.0 Å². The van der Waals surface area contributed by atoms with E-state index in [4.69, 9.17) is 0 Å². The first-order valence-corrected chi connectivity index (χ1v) is 9.81. The molecule has 0 saturated heterocycles. The van der Waals surface area contributed by atoms with Crippen molar-refractivity contribution >= 4 is 12.2 Å². The molecule has 0 spiro atoms. The minimum atomic E-state index is 0.684. The number of nitrogens with zero attached hydrogens (tertiary/aromatic N) is 3. The summed E-state index contributed by atoms with van der Waals surface area (Å²) in [6.45, 7) is 0.684. The van der Waals surface area contributed by atoms with Crippen molar-refractivity contribution in [3.05, 3.63) is 120 Å². The van der Waals surface area contributed by atoms with E-state index in [1.807, 2.05) is 47.1 Å². The van der Waals surface area contributed by atoms with E-state index in [1.54, 1.807) is 0 Å². The Bertz CT molecular complexity index is 1080. The fraction of sp³-hybridized carbons (Fsp3) is 0.0769. The molecule has 142 valence electrons. The highest BCUT2D eigenvalue weighted by Crippen LogP contribution is 2.22. The smallest absolute Gasteiger partial charge is 0.116 e. The van der Waals surface area contributed by atoms with Crippen molar-refractivity contribution < 1.29 is 0 Å². The molecule has 0 N–H and O–H groups in total. The van der Waals surface area contributed by atoms with Gasteiger partial charge in [0.15, 0.2) is 0 Å². The molecule has 3 nitrogen and oxygen atoms in total. The third kappa shape index (κ3) is 4.96. The minimum absolute atomic E-state index is 0.684. The van der Waals surface area contributed by atoms with Crippen molar-refractivity contribution in [3.8, 4) is 11.3 Å². The summed E-state index contributed by atoms with van der Waals surface area (Å²) in [7, 11) is 0. The third-order valence-corrected chi connectivity index (χ3v) is 4.69. The summed E-state index contributed by atoms with van der Waals surface area (Å²) in [5.74, 6) is 0. The Morgan fingerprint density at radius 3 is 1.83 bits per heavy atom. The van der Waals surface area contributed by atoms with Gasteiger partial charge in [-0.05, 0) is 11.1 Å². The van der Waals surface area contributed by atoms with Gasteiger partial charge in [-0.3, -0.25) is 0 Å². The van der Waals surface area contributed by atoms with E-state index in [0.717, 1.165) is 23.4 Å². The lowest BCUT2D eigenvalue weighted by Crippen LogP contribution is -2.03. The second-order valence-corrected chi connectivity index (χ2v) is 6.76. The maximum Gasteiger partial charge on any atom is 0.116 e. The van der Waals surface area contributed by atoms with Crippen LogP contribution in [0, 0.1) is 0 Å². The van der Waals surface area contributed by atoms with Gasteiger partial charge in [-0.1, -0.05) is 121 Å². The van der Waals surface area contributed by atoms with Crippen LogP contribution < -0.4 is 0 Å². The molecule has 0 fully saturated rings. The van der Waals surface area contributed by atoms with Gasteiger partial charge in [0.05, 0.1) is 12.2 Å². The Labute approximate surface area is 171 Å². The number of allylic oxidation sites excluding steroid dienone is 2. The van der Waals surface area contributed by atoms with Crippen LogP contribution in [0.15, 0.2) is 103 Å². The van der Waals surface area contributed by atoms with Crippen molar-refractivity contribution in [1.29, 1.82) is 0 Å². The van der Waals surface area contributed by atoms with E-state index in [9.17, 15) is 0 Å². The summed E-state index contributed by atoms with van der Waals surface area (Å²) >= 11 is 0. The average Bonchev–Trinajstić information content (AvgIpc) is 3.18. The summed E-state index contributed by atoms with van der Waals surface area (Å²) in [5.41, 5.74) is 5.52. The number of benzene rings is 3. The molecule has 29 heavy (non-hydrogen) atoms. The van der Waals surface area contributed by atoms with Gasteiger partial charge in [-0.2, -0.15) is 0 Å². The molecule has 3 aromatic carbocycles. The lowest BCUT2D eigenvalue weighted by Gasteiger charge is -2.05. The van der Waals surface area contributed by atoms with Crippen LogP contribution in [0.4, 0.5) is 0 Å². The van der Waals surface area contributed by atoms with Gasteiger partial charge in [-0.15, -0.1) is 5.10 Å². The average molecular weight is 377 g/mol. The molecule has 4 rings (SSSR count). The third-order valence-electron chi connectivity index (χ3n) is 4.69. The molecule has 0 aliphatic heterocycles. The lowest BCUT2D eigenvalue weighted by molar-refractivity contribution is 0.639. The lowest BCUT2D eigenvalue weighted by atomic mass is 10.1. The summed E-state index contributed by atoms with van der Waals surface area (Å²) in [6.07, 6.45) is 9.34. The molecular formula is C26H23N3. The van der Waals surface area contributed by atoms with Crippen molar-refractivity contribution in [3.63, 3.8) is 0 Å². The van der Waals surface area contributed by atoms with Crippen molar-refractivity contribution in [2.24, 2.45) is 0 Å². The summed E-state index contributed by atoms with van der Waals surface area (Å²) < 4.78 is 1.98. The second-order valence-electron chi connectivity index (χ2n) is 6.76. The maximum atomic E-state index is 4.48. The normalized spacial score (nSPS) is 11.4. The van der Waals surface area contributed by atoms with E-state index in [0.29, 0.717) is 6.54 Å². The SMILES string of the molecule is C(=C\c1ccccc1)/Cc1c(-c2ccccc2)nnn1C/C=C/c1ccccc1. The predicted octanol–water partition coefficient (Wildman–Crippen LogP) is 5.91. The molecule has 1 heterocycles. The van der Waals surface area contributed by atoms with Crippen LogP contribution in [0.3, 0.4) is 0 Å². The number of rotatable bonds is 7. The van der Waals surface area contributed by atoms with Gasteiger partial charge in [0, 0.05) is 12.0 Å². The molecule has 0 aliphatic rings. The number of hydrogen-bond acceptors (Lipinski definition) is 2. The molecule has 0 radical (unpaired) electrons. The van der Waals surface area contributed by atoms with E-state index >= 15 is 0 Å². The first kappa shape index (κ1) is 18.6. The number of hydrogen-bond donors (Lipinski definition) is 0. The van der Waals surface area contributed by atoms with Crippen LogP contribution in [0.25, 0.3) is 23.4 Å². The molecule has 0 saturated carbocycles. The molecule has 0 unspecified atom stereocenters. The number of aromatic nitrogens is 3. The minimum Gasteiger partial charge on any atom is -0.245 e. The predicted molar refractivity (Wildman–Crippen MR) is 120 cm³/mol. The van der Waals surface area contributed by atoms with Crippen LogP contribution in [-0.4, -0.2) is 15.0 Å². The molecule has 4 aromatic rings. The highest BCUT2D eigenvalue weighted by atomic mass is 15.4. The second kappa shape index (κ2) is 9.47. The van der Waals surface area contributed by atoms with E-state index in [-0.39, 0.29) is 0 Å². The van der Waals surface area contributed by atoms with Crippen LogP contribution in [0.5, 0.6) is 0 Å². The Morgan fingerprint density at radius 2 is 1.21 bits per heavy atom. The van der Waals surface area contributed by atoms with E-state index in [1.165, 1.54) is 11.1 Å². The highest BCUT2D eigenvalue weighted by molar-refractivity contribution is 5.62. The summed E-state index contributed by atoms with van der Waals surface area (Å²) in [6, 6.07) is 30.9. The fourth-order valence-electron chi connectivity index (χ4n) is 3.23.